The second-order valence-electron chi connectivity index (χ2n) is 8.00. The fourth-order valence-electron chi connectivity index (χ4n) is 3.82. The van der Waals surface area contributed by atoms with Gasteiger partial charge >= 0.3 is 11.1 Å². The first-order chi connectivity index (χ1) is 14.8. The molecule has 0 aliphatic carbocycles. The molecule has 0 saturated carbocycles. The van der Waals surface area contributed by atoms with Crippen molar-refractivity contribution in [2.75, 3.05) is 18.0 Å². The molecule has 0 spiro atoms. The highest BCUT2D eigenvalue weighted by Gasteiger charge is 2.26. The van der Waals surface area contributed by atoms with E-state index in [1.807, 2.05) is 13.8 Å². The van der Waals surface area contributed by atoms with Crippen molar-refractivity contribution in [1.29, 1.82) is 0 Å². The molecule has 1 saturated heterocycles. The summed E-state index contributed by atoms with van der Waals surface area (Å²) < 4.78 is 8.41. The van der Waals surface area contributed by atoms with Gasteiger partial charge in [-0.05, 0) is 32.8 Å². The predicted octanol–water partition coefficient (Wildman–Crippen LogP) is 2.31. The van der Waals surface area contributed by atoms with Crippen LogP contribution < -0.4 is 16.0 Å². The van der Waals surface area contributed by atoms with Crippen LogP contribution in [0.1, 0.15) is 38.3 Å². The van der Waals surface area contributed by atoms with Crippen LogP contribution in [0.5, 0.6) is 0 Å². The van der Waals surface area contributed by atoms with E-state index in [4.69, 9.17) is 16.3 Å². The normalized spacial score (nSPS) is 15.2. The maximum atomic E-state index is 12.8. The van der Waals surface area contributed by atoms with Gasteiger partial charge in [0.1, 0.15) is 0 Å². The van der Waals surface area contributed by atoms with E-state index in [0.29, 0.717) is 54.7 Å². The van der Waals surface area contributed by atoms with Crippen LogP contribution in [0.3, 0.4) is 0 Å². The van der Waals surface area contributed by atoms with Gasteiger partial charge in [0, 0.05) is 50.3 Å². The van der Waals surface area contributed by atoms with Crippen molar-refractivity contribution in [2.24, 2.45) is 7.05 Å². The standard InChI is InChI=1S/C21H25ClN6O3/c1-13(2)31-12-14-9-24-21(25-10-14)27-6-4-16(5-7-27)28-18-17(8-15(22)11-23-18)26(3)19(29)20(28)30/h8-11,13,16H,4-7,12H2,1-3H3. The van der Waals surface area contributed by atoms with E-state index in [-0.39, 0.29) is 12.1 Å². The lowest BCUT2D eigenvalue weighted by molar-refractivity contribution is 0.0654. The average molecular weight is 445 g/mol. The number of hydrogen-bond acceptors (Lipinski definition) is 7. The highest BCUT2D eigenvalue weighted by Crippen LogP contribution is 2.26. The van der Waals surface area contributed by atoms with Crippen molar-refractivity contribution in [3.8, 4) is 0 Å². The summed E-state index contributed by atoms with van der Waals surface area (Å²) in [6.45, 7) is 5.80. The zero-order valence-electron chi connectivity index (χ0n) is 17.8. The Morgan fingerprint density at radius 2 is 1.77 bits per heavy atom. The summed E-state index contributed by atoms with van der Waals surface area (Å²) in [6.07, 6.45) is 6.56. The fraction of sp³-hybridized carbons (Fsp3) is 0.476. The molecule has 0 unspecified atom stereocenters. The third-order valence-corrected chi connectivity index (χ3v) is 5.70. The topological polar surface area (TPSA) is 95.1 Å². The molecular formula is C21H25ClN6O3. The molecule has 0 bridgehead atoms. The van der Waals surface area contributed by atoms with Crippen LogP contribution in [0.25, 0.3) is 11.2 Å². The maximum absolute atomic E-state index is 12.8. The summed E-state index contributed by atoms with van der Waals surface area (Å²) >= 11 is 6.06. The number of ether oxygens (including phenoxy) is 1. The Bertz CT molecular complexity index is 1200. The monoisotopic (exact) mass is 444 g/mol. The molecule has 0 amide bonds. The molecule has 10 heteroatoms. The van der Waals surface area contributed by atoms with Gasteiger partial charge in [-0.25, -0.2) is 15.0 Å². The van der Waals surface area contributed by atoms with Gasteiger partial charge in [0.15, 0.2) is 5.65 Å². The van der Waals surface area contributed by atoms with Gasteiger partial charge in [-0.1, -0.05) is 11.6 Å². The van der Waals surface area contributed by atoms with Crippen LogP contribution in [0.2, 0.25) is 5.02 Å². The molecule has 4 heterocycles. The number of pyridine rings is 1. The van der Waals surface area contributed by atoms with Crippen molar-refractivity contribution < 1.29 is 4.74 Å². The molecule has 0 atom stereocenters. The summed E-state index contributed by atoms with van der Waals surface area (Å²) in [6, 6.07) is 1.53. The summed E-state index contributed by atoms with van der Waals surface area (Å²) in [7, 11) is 1.56. The lowest BCUT2D eigenvalue weighted by Crippen LogP contribution is -2.45. The molecule has 9 nitrogen and oxygen atoms in total. The van der Waals surface area contributed by atoms with Gasteiger partial charge in [0.25, 0.3) is 0 Å². The molecule has 3 aromatic heterocycles. The van der Waals surface area contributed by atoms with Crippen molar-refractivity contribution in [1.82, 2.24) is 24.1 Å². The first-order valence-electron chi connectivity index (χ1n) is 10.3. The lowest BCUT2D eigenvalue weighted by atomic mass is 10.0. The lowest BCUT2D eigenvalue weighted by Gasteiger charge is -2.33. The van der Waals surface area contributed by atoms with Gasteiger partial charge in [0.2, 0.25) is 5.95 Å². The smallest absolute Gasteiger partial charge is 0.318 e. The highest BCUT2D eigenvalue weighted by atomic mass is 35.5. The summed E-state index contributed by atoms with van der Waals surface area (Å²) in [5, 5.41) is 0.418. The first kappa shape index (κ1) is 21.5. The van der Waals surface area contributed by atoms with Crippen LogP contribution in [-0.2, 0) is 18.4 Å². The molecular weight excluding hydrogens is 420 g/mol. The molecule has 164 valence electrons. The maximum Gasteiger partial charge on any atom is 0.318 e. The zero-order chi connectivity index (χ0) is 22.1. The molecule has 0 aromatic carbocycles. The summed E-state index contributed by atoms with van der Waals surface area (Å²) in [4.78, 5) is 40.7. The van der Waals surface area contributed by atoms with E-state index in [2.05, 4.69) is 19.9 Å². The third-order valence-electron chi connectivity index (χ3n) is 5.50. The quantitative estimate of drug-likeness (QED) is 0.557. The van der Waals surface area contributed by atoms with Crippen molar-refractivity contribution in [3.05, 3.63) is 56.0 Å². The van der Waals surface area contributed by atoms with Crippen LogP contribution in [0.4, 0.5) is 5.95 Å². The molecule has 3 aromatic rings. The molecule has 1 aliphatic rings. The Kier molecular flexibility index (Phi) is 6.06. The minimum Gasteiger partial charge on any atom is -0.374 e. The molecule has 31 heavy (non-hydrogen) atoms. The van der Waals surface area contributed by atoms with E-state index in [9.17, 15) is 9.59 Å². The first-order valence-corrected chi connectivity index (χ1v) is 10.7. The van der Waals surface area contributed by atoms with E-state index < -0.39 is 11.1 Å². The number of hydrogen-bond donors (Lipinski definition) is 0. The minimum absolute atomic E-state index is 0.132. The van der Waals surface area contributed by atoms with Crippen molar-refractivity contribution in [3.63, 3.8) is 0 Å². The zero-order valence-corrected chi connectivity index (χ0v) is 18.5. The Hall–Kier alpha value is -2.78. The number of anilines is 1. The number of piperidine rings is 1. The number of aromatic nitrogens is 5. The van der Waals surface area contributed by atoms with Gasteiger partial charge in [-0.3, -0.25) is 14.2 Å². The van der Waals surface area contributed by atoms with Gasteiger partial charge in [-0.2, -0.15) is 0 Å². The second-order valence-corrected chi connectivity index (χ2v) is 8.44. The third kappa shape index (κ3) is 4.33. The van der Waals surface area contributed by atoms with E-state index in [0.717, 1.165) is 5.56 Å². The van der Waals surface area contributed by atoms with Crippen LogP contribution in [0, 0.1) is 0 Å². The molecule has 0 radical (unpaired) electrons. The Morgan fingerprint density at radius 3 is 2.42 bits per heavy atom. The Labute approximate surface area is 184 Å². The number of halogens is 1. The number of fused-ring (bicyclic) bond motifs is 1. The van der Waals surface area contributed by atoms with Crippen LogP contribution >= 0.6 is 11.6 Å². The molecule has 1 aliphatic heterocycles. The van der Waals surface area contributed by atoms with Gasteiger partial charge in [-0.15, -0.1) is 0 Å². The number of rotatable bonds is 5. The highest BCUT2D eigenvalue weighted by molar-refractivity contribution is 6.31. The largest absolute Gasteiger partial charge is 0.374 e. The van der Waals surface area contributed by atoms with Crippen LogP contribution in [0.15, 0.2) is 34.2 Å². The van der Waals surface area contributed by atoms with Gasteiger partial charge < -0.3 is 14.2 Å². The Balaban J connectivity index is 1.54. The molecule has 1 fully saturated rings. The Morgan fingerprint density at radius 1 is 1.10 bits per heavy atom. The van der Waals surface area contributed by atoms with E-state index in [1.165, 1.54) is 15.3 Å². The molecule has 0 N–H and O–H groups in total. The van der Waals surface area contributed by atoms with Crippen LogP contribution in [-0.4, -0.2) is 43.3 Å². The fourth-order valence-corrected chi connectivity index (χ4v) is 3.97. The average Bonchev–Trinajstić information content (AvgIpc) is 2.77. The number of nitrogens with zero attached hydrogens (tertiary/aromatic N) is 6. The number of aryl methyl sites for hydroxylation is 1. The van der Waals surface area contributed by atoms with E-state index in [1.54, 1.807) is 25.5 Å². The summed E-state index contributed by atoms with van der Waals surface area (Å²) in [5.41, 5.74) is 0.800. The SMILES string of the molecule is CC(C)OCc1cnc(N2CCC(n3c(=O)c(=O)n(C)c4cc(Cl)cnc43)CC2)nc1. The van der Waals surface area contributed by atoms with Crippen molar-refractivity contribution in [2.45, 2.75) is 45.4 Å². The predicted molar refractivity (Wildman–Crippen MR) is 119 cm³/mol. The molecule has 4 rings (SSSR count). The van der Waals surface area contributed by atoms with Gasteiger partial charge in [0.05, 0.1) is 23.3 Å². The minimum atomic E-state index is -0.582. The van der Waals surface area contributed by atoms with E-state index >= 15 is 0 Å². The van der Waals surface area contributed by atoms with Crippen molar-refractivity contribution >= 4 is 28.7 Å². The second kappa shape index (κ2) is 8.76. The summed E-state index contributed by atoms with van der Waals surface area (Å²) in [5.74, 6) is 0.651.